The molecule has 0 unspecified atom stereocenters. The molecule has 2 aromatic heterocycles. The second-order valence-corrected chi connectivity index (χ2v) is 7.29. The molecule has 6 heteroatoms. The maximum Gasteiger partial charge on any atom is 0.292 e. The van der Waals surface area contributed by atoms with Crippen molar-refractivity contribution in [3.8, 4) is 0 Å². The van der Waals surface area contributed by atoms with Crippen LogP contribution >= 0.6 is 0 Å². The molecule has 0 saturated heterocycles. The van der Waals surface area contributed by atoms with Crippen LogP contribution in [0.15, 0.2) is 79.0 Å². The van der Waals surface area contributed by atoms with Gasteiger partial charge in [0, 0.05) is 17.6 Å². The third kappa shape index (κ3) is 3.93. The fraction of sp³-hybridized carbons (Fsp3) is 0.125. The lowest BCUT2D eigenvalue weighted by Crippen LogP contribution is -2.16. The molecule has 0 aliphatic heterocycles. The molecule has 2 heterocycles. The summed E-state index contributed by atoms with van der Waals surface area (Å²) in [6.45, 7) is 4.24. The van der Waals surface area contributed by atoms with E-state index < -0.39 is 0 Å². The minimum absolute atomic E-state index is 0.148. The van der Waals surface area contributed by atoms with Gasteiger partial charge in [-0.2, -0.15) is 0 Å². The molecular formula is C24H22N4O2. The van der Waals surface area contributed by atoms with E-state index >= 15 is 0 Å². The van der Waals surface area contributed by atoms with E-state index in [2.05, 4.69) is 29.5 Å². The van der Waals surface area contributed by atoms with E-state index in [1.807, 2.05) is 48.5 Å². The van der Waals surface area contributed by atoms with Crippen LogP contribution in [0.3, 0.4) is 0 Å². The van der Waals surface area contributed by atoms with Crippen molar-refractivity contribution in [2.45, 2.75) is 19.8 Å². The highest BCUT2D eigenvalue weighted by molar-refractivity contribution is 6.10. The van der Waals surface area contributed by atoms with Gasteiger partial charge in [-0.3, -0.25) is 14.0 Å². The third-order valence-electron chi connectivity index (χ3n) is 4.83. The molecule has 2 amide bonds. The van der Waals surface area contributed by atoms with Gasteiger partial charge in [0.2, 0.25) is 5.82 Å². The Labute approximate surface area is 174 Å². The van der Waals surface area contributed by atoms with Gasteiger partial charge >= 0.3 is 0 Å². The van der Waals surface area contributed by atoms with Gasteiger partial charge in [-0.05, 0) is 47.9 Å². The number of benzene rings is 2. The molecule has 0 atom stereocenters. The van der Waals surface area contributed by atoms with Gasteiger partial charge in [-0.1, -0.05) is 50.2 Å². The topological polar surface area (TPSA) is 75.5 Å². The van der Waals surface area contributed by atoms with Crippen LogP contribution in [-0.4, -0.2) is 21.2 Å². The predicted octanol–water partition coefficient (Wildman–Crippen LogP) is 4.96. The summed E-state index contributed by atoms with van der Waals surface area (Å²) >= 11 is 0. The van der Waals surface area contributed by atoms with Crippen LogP contribution in [-0.2, 0) is 0 Å². The predicted molar refractivity (Wildman–Crippen MR) is 118 cm³/mol. The molecule has 0 aliphatic rings. The number of hydrogen-bond donors (Lipinski definition) is 2. The number of imidazole rings is 1. The van der Waals surface area contributed by atoms with E-state index in [0.717, 1.165) is 0 Å². The van der Waals surface area contributed by atoms with E-state index in [-0.39, 0.29) is 23.3 Å². The highest BCUT2D eigenvalue weighted by atomic mass is 16.2. The maximum atomic E-state index is 12.9. The van der Waals surface area contributed by atoms with Crippen LogP contribution in [0, 0.1) is 0 Å². The van der Waals surface area contributed by atoms with Crippen LogP contribution in [0.5, 0.6) is 0 Å². The minimum Gasteiger partial charge on any atom is -0.321 e. The fourth-order valence-corrected chi connectivity index (χ4v) is 3.22. The largest absolute Gasteiger partial charge is 0.321 e. The number of nitrogens with zero attached hydrogens (tertiary/aromatic N) is 2. The molecule has 150 valence electrons. The Balaban J connectivity index is 1.62. The zero-order chi connectivity index (χ0) is 21.1. The van der Waals surface area contributed by atoms with Gasteiger partial charge in [-0.15, -0.1) is 0 Å². The Kier molecular flexibility index (Phi) is 5.30. The lowest BCUT2D eigenvalue weighted by molar-refractivity contribution is 0.101. The van der Waals surface area contributed by atoms with Crippen LogP contribution < -0.4 is 10.6 Å². The van der Waals surface area contributed by atoms with Crippen molar-refractivity contribution >= 4 is 28.7 Å². The van der Waals surface area contributed by atoms with E-state index in [9.17, 15) is 9.59 Å². The Morgan fingerprint density at radius 3 is 2.13 bits per heavy atom. The molecule has 0 saturated carbocycles. The van der Waals surface area contributed by atoms with Gasteiger partial charge in [0.25, 0.3) is 11.8 Å². The van der Waals surface area contributed by atoms with Crippen molar-refractivity contribution in [3.05, 3.63) is 96.1 Å². The summed E-state index contributed by atoms with van der Waals surface area (Å²) in [4.78, 5) is 30.1. The summed E-state index contributed by atoms with van der Waals surface area (Å²) in [6.07, 6.45) is 1.72. The van der Waals surface area contributed by atoms with Gasteiger partial charge in [0.1, 0.15) is 0 Å². The number of para-hydroxylation sites is 1. The number of pyridine rings is 1. The van der Waals surface area contributed by atoms with E-state index in [4.69, 9.17) is 0 Å². The highest BCUT2D eigenvalue weighted by Crippen LogP contribution is 2.20. The third-order valence-corrected chi connectivity index (χ3v) is 4.83. The van der Waals surface area contributed by atoms with Crippen LogP contribution in [0.2, 0.25) is 0 Å². The van der Waals surface area contributed by atoms with Crippen molar-refractivity contribution in [1.82, 2.24) is 9.38 Å². The Morgan fingerprint density at radius 1 is 0.800 bits per heavy atom. The smallest absolute Gasteiger partial charge is 0.292 e. The van der Waals surface area contributed by atoms with Crippen molar-refractivity contribution in [2.24, 2.45) is 0 Å². The average Bonchev–Trinajstić information content (AvgIpc) is 3.15. The summed E-state index contributed by atoms with van der Waals surface area (Å²) in [5.74, 6) is -0.190. The number of fused-ring (bicyclic) bond motifs is 1. The Bertz CT molecular complexity index is 1200. The monoisotopic (exact) mass is 398 g/mol. The average molecular weight is 398 g/mol. The second-order valence-electron chi connectivity index (χ2n) is 7.29. The number of nitrogens with one attached hydrogen (secondary N) is 2. The minimum atomic E-state index is -0.386. The summed E-state index contributed by atoms with van der Waals surface area (Å²) in [5, 5.41) is 5.69. The van der Waals surface area contributed by atoms with Gasteiger partial charge in [-0.25, -0.2) is 4.98 Å². The van der Waals surface area contributed by atoms with Crippen molar-refractivity contribution < 1.29 is 9.59 Å². The van der Waals surface area contributed by atoms with E-state index in [1.54, 1.807) is 34.9 Å². The van der Waals surface area contributed by atoms with Crippen LogP contribution in [0.25, 0.3) is 5.52 Å². The quantitative estimate of drug-likeness (QED) is 0.499. The SMILES string of the molecule is CC(C)c1ccc(NC(=O)c2nc(C(=O)Nc3ccccc3)n3ccccc23)cc1. The molecule has 0 spiro atoms. The van der Waals surface area contributed by atoms with Gasteiger partial charge in [0.15, 0.2) is 5.69 Å². The zero-order valence-corrected chi connectivity index (χ0v) is 16.8. The maximum absolute atomic E-state index is 12.9. The zero-order valence-electron chi connectivity index (χ0n) is 16.8. The number of anilines is 2. The molecule has 4 rings (SSSR count). The van der Waals surface area contributed by atoms with Crippen molar-refractivity contribution in [1.29, 1.82) is 0 Å². The number of aromatic nitrogens is 2. The summed E-state index contributed by atoms with van der Waals surface area (Å²) in [6, 6.07) is 22.2. The standard InChI is InChI=1S/C24H22N4O2/c1-16(2)17-11-13-19(14-12-17)25-23(29)21-20-10-6-7-15-28(20)22(27-21)24(30)26-18-8-4-3-5-9-18/h3-16H,1-2H3,(H,25,29)(H,26,30). The van der Waals surface area contributed by atoms with Gasteiger partial charge < -0.3 is 10.6 Å². The lowest BCUT2D eigenvalue weighted by Gasteiger charge is -2.07. The van der Waals surface area contributed by atoms with Crippen LogP contribution in [0.4, 0.5) is 11.4 Å². The number of hydrogen-bond acceptors (Lipinski definition) is 3. The molecular weight excluding hydrogens is 376 g/mol. The highest BCUT2D eigenvalue weighted by Gasteiger charge is 2.21. The normalized spacial score (nSPS) is 10.9. The number of carbonyl (C=O) groups excluding carboxylic acids is 2. The Morgan fingerprint density at radius 2 is 1.43 bits per heavy atom. The summed E-state index contributed by atoms with van der Waals surface area (Å²) in [5.41, 5.74) is 3.29. The molecule has 0 aliphatic carbocycles. The molecule has 0 radical (unpaired) electrons. The molecule has 6 nitrogen and oxygen atoms in total. The summed E-state index contributed by atoms with van der Waals surface area (Å²) in [7, 11) is 0. The second kappa shape index (κ2) is 8.21. The molecule has 0 bridgehead atoms. The first-order chi connectivity index (χ1) is 14.5. The first-order valence-electron chi connectivity index (χ1n) is 9.77. The first kappa shape index (κ1) is 19.4. The lowest BCUT2D eigenvalue weighted by atomic mass is 10.0. The fourth-order valence-electron chi connectivity index (χ4n) is 3.22. The van der Waals surface area contributed by atoms with Gasteiger partial charge in [0.05, 0.1) is 5.52 Å². The molecule has 4 aromatic rings. The van der Waals surface area contributed by atoms with E-state index in [1.165, 1.54) is 5.56 Å². The molecule has 2 aromatic carbocycles. The van der Waals surface area contributed by atoms with Crippen molar-refractivity contribution in [3.63, 3.8) is 0 Å². The summed E-state index contributed by atoms with van der Waals surface area (Å²) < 4.78 is 1.62. The van der Waals surface area contributed by atoms with E-state index in [0.29, 0.717) is 22.8 Å². The van der Waals surface area contributed by atoms with Crippen LogP contribution in [0.1, 0.15) is 46.4 Å². The molecule has 2 N–H and O–H groups in total. The van der Waals surface area contributed by atoms with Crippen molar-refractivity contribution in [2.75, 3.05) is 10.6 Å². The number of carbonyl (C=O) groups is 2. The Hall–Kier alpha value is -3.93. The number of amides is 2. The first-order valence-corrected chi connectivity index (χ1v) is 9.77. The molecule has 30 heavy (non-hydrogen) atoms. The number of rotatable bonds is 5. The molecule has 0 fully saturated rings.